The number of carbonyl (C=O) groups is 1. The Morgan fingerprint density at radius 3 is 1.94 bits per heavy atom. The van der Waals surface area contributed by atoms with Crippen LogP contribution in [0.5, 0.6) is 0 Å². The fraction of sp³-hybridized carbons (Fsp3) is 0.917. The Hall–Kier alpha value is -0.393. The first kappa shape index (κ1) is 16.6. The summed E-state index contributed by atoms with van der Waals surface area (Å²) < 4.78 is 12.0. The Labute approximate surface area is 106 Å². The van der Waals surface area contributed by atoms with E-state index in [1.54, 1.807) is 0 Å². The van der Waals surface area contributed by atoms with Crippen LogP contribution in [0.2, 0.25) is 12.1 Å². The van der Waals surface area contributed by atoms with Gasteiger partial charge in [0.1, 0.15) is 0 Å². The van der Waals surface area contributed by atoms with Gasteiger partial charge in [-0.2, -0.15) is 0 Å². The minimum absolute atomic E-state index is 0.130. The molecule has 0 amide bonds. The van der Waals surface area contributed by atoms with E-state index in [1.807, 2.05) is 27.7 Å². The van der Waals surface area contributed by atoms with Gasteiger partial charge in [0.25, 0.3) is 0 Å². The maximum Gasteiger partial charge on any atom is 0.338 e. The molecule has 0 aromatic rings. The molecule has 0 spiro atoms. The van der Waals surface area contributed by atoms with Gasteiger partial charge in [0.05, 0.1) is 0 Å². The molecule has 0 aliphatic carbocycles. The van der Waals surface area contributed by atoms with E-state index in [1.165, 1.54) is 0 Å². The number of hydrogen-bond acceptors (Lipinski definition) is 3. The fourth-order valence-corrected chi connectivity index (χ4v) is 5.27. The topological polar surface area (TPSA) is 55.8 Å². The third-order valence-corrected chi connectivity index (χ3v) is 6.38. The predicted octanol–water partition coefficient (Wildman–Crippen LogP) is 3.16. The van der Waals surface area contributed by atoms with Crippen molar-refractivity contribution < 1.29 is 18.8 Å². The third kappa shape index (κ3) is 7.52. The van der Waals surface area contributed by atoms with E-state index in [0.717, 1.165) is 12.1 Å². The van der Waals surface area contributed by atoms with Crippen molar-refractivity contribution in [2.45, 2.75) is 71.8 Å². The lowest BCUT2D eigenvalue weighted by atomic mass is 10.3. The van der Waals surface area contributed by atoms with E-state index in [0.29, 0.717) is 6.42 Å². The molecule has 4 nitrogen and oxygen atoms in total. The molecular formula is C12H26O4Si. The van der Waals surface area contributed by atoms with Crippen molar-refractivity contribution in [2.24, 2.45) is 0 Å². The highest BCUT2D eigenvalue weighted by Gasteiger charge is 2.37. The average Bonchev–Trinajstić information content (AvgIpc) is 2.14. The SMILES string of the molecule is CC[Si](CCCC(=O)O)(OC(C)C)OC(C)C. The van der Waals surface area contributed by atoms with Gasteiger partial charge in [-0.3, -0.25) is 4.79 Å². The predicted molar refractivity (Wildman–Crippen MR) is 70.4 cm³/mol. The lowest BCUT2D eigenvalue weighted by molar-refractivity contribution is -0.137. The van der Waals surface area contributed by atoms with Gasteiger partial charge < -0.3 is 14.0 Å². The van der Waals surface area contributed by atoms with Crippen LogP contribution in [-0.4, -0.2) is 31.8 Å². The van der Waals surface area contributed by atoms with Crippen molar-refractivity contribution in [1.29, 1.82) is 0 Å². The molecule has 17 heavy (non-hydrogen) atoms. The summed E-state index contributed by atoms with van der Waals surface area (Å²) in [7, 11) is -2.23. The van der Waals surface area contributed by atoms with Crippen molar-refractivity contribution in [3.8, 4) is 0 Å². The molecule has 0 heterocycles. The molecule has 0 aliphatic heterocycles. The highest BCUT2D eigenvalue weighted by atomic mass is 28.4. The summed E-state index contributed by atoms with van der Waals surface area (Å²) in [6, 6.07) is 1.62. The lowest BCUT2D eigenvalue weighted by Gasteiger charge is -2.33. The second-order valence-corrected chi connectivity index (χ2v) is 8.34. The first-order chi connectivity index (χ1) is 7.81. The molecule has 0 aromatic heterocycles. The fourth-order valence-electron chi connectivity index (χ4n) is 1.86. The lowest BCUT2D eigenvalue weighted by Crippen LogP contribution is -2.45. The van der Waals surface area contributed by atoms with Crippen LogP contribution in [0.3, 0.4) is 0 Å². The Morgan fingerprint density at radius 2 is 1.65 bits per heavy atom. The van der Waals surface area contributed by atoms with E-state index < -0.39 is 14.5 Å². The molecule has 0 saturated heterocycles. The van der Waals surface area contributed by atoms with Crippen molar-refractivity contribution in [2.75, 3.05) is 0 Å². The van der Waals surface area contributed by atoms with Crippen LogP contribution >= 0.6 is 0 Å². The zero-order valence-corrected chi connectivity index (χ0v) is 12.7. The monoisotopic (exact) mass is 262 g/mol. The molecular weight excluding hydrogens is 236 g/mol. The zero-order chi connectivity index (χ0) is 13.5. The van der Waals surface area contributed by atoms with Gasteiger partial charge in [0.15, 0.2) is 0 Å². The summed E-state index contributed by atoms with van der Waals surface area (Å²) >= 11 is 0. The first-order valence-corrected chi connectivity index (χ1v) is 8.62. The average molecular weight is 262 g/mol. The second kappa shape index (κ2) is 7.84. The molecule has 0 aliphatic rings. The summed E-state index contributed by atoms with van der Waals surface area (Å²) in [6.45, 7) is 10.1. The summed E-state index contributed by atoms with van der Waals surface area (Å²) in [5, 5.41) is 8.68. The van der Waals surface area contributed by atoms with Gasteiger partial charge >= 0.3 is 14.5 Å². The van der Waals surface area contributed by atoms with Gasteiger partial charge in [-0.15, -0.1) is 0 Å². The Bertz CT molecular complexity index is 219. The molecule has 1 N–H and O–H groups in total. The van der Waals surface area contributed by atoms with Crippen LogP contribution in [0, 0.1) is 0 Å². The minimum Gasteiger partial charge on any atom is -0.481 e. The zero-order valence-electron chi connectivity index (χ0n) is 11.7. The van der Waals surface area contributed by atoms with Crippen LogP contribution in [0.1, 0.15) is 47.5 Å². The van der Waals surface area contributed by atoms with E-state index in [9.17, 15) is 4.79 Å². The molecule has 0 radical (unpaired) electrons. The van der Waals surface area contributed by atoms with Crippen molar-refractivity contribution in [3.63, 3.8) is 0 Å². The smallest absolute Gasteiger partial charge is 0.338 e. The van der Waals surface area contributed by atoms with Gasteiger partial charge in [0, 0.05) is 18.6 Å². The summed E-state index contributed by atoms with van der Waals surface area (Å²) in [5.41, 5.74) is 0. The maximum atomic E-state index is 10.6. The maximum absolute atomic E-state index is 10.6. The van der Waals surface area contributed by atoms with Crippen LogP contribution in [0.25, 0.3) is 0 Å². The number of carboxylic acid groups (broad SMARTS) is 1. The summed E-state index contributed by atoms with van der Waals surface area (Å²) in [6.07, 6.45) is 1.09. The number of aliphatic carboxylic acids is 1. The van der Waals surface area contributed by atoms with E-state index in [4.69, 9.17) is 14.0 Å². The molecule has 102 valence electrons. The van der Waals surface area contributed by atoms with Crippen LogP contribution < -0.4 is 0 Å². The van der Waals surface area contributed by atoms with Gasteiger partial charge in [-0.05, 0) is 46.2 Å². The highest BCUT2D eigenvalue weighted by Crippen LogP contribution is 2.25. The third-order valence-electron chi connectivity index (χ3n) is 2.39. The first-order valence-electron chi connectivity index (χ1n) is 6.38. The van der Waals surface area contributed by atoms with Crippen molar-refractivity contribution in [1.82, 2.24) is 0 Å². The molecule has 5 heteroatoms. The molecule has 0 aromatic carbocycles. The van der Waals surface area contributed by atoms with E-state index in [-0.39, 0.29) is 18.6 Å². The number of hydrogen-bond donors (Lipinski definition) is 1. The largest absolute Gasteiger partial charge is 0.481 e. The highest BCUT2D eigenvalue weighted by molar-refractivity contribution is 6.67. The second-order valence-electron chi connectivity index (χ2n) is 4.84. The quantitative estimate of drug-likeness (QED) is 0.648. The molecule has 0 saturated carbocycles. The molecule has 0 bridgehead atoms. The summed E-state index contributed by atoms with van der Waals surface area (Å²) in [5.74, 6) is -0.752. The molecule has 0 unspecified atom stereocenters. The molecule has 0 atom stereocenters. The van der Waals surface area contributed by atoms with Crippen LogP contribution in [0.15, 0.2) is 0 Å². The summed E-state index contributed by atoms with van der Waals surface area (Å²) in [4.78, 5) is 10.6. The standard InChI is InChI=1S/C12H26O4Si/c1-6-17(15-10(2)3,16-11(4)5)9-7-8-12(13)14/h10-11H,6-9H2,1-5H3,(H,13,14). The van der Waals surface area contributed by atoms with E-state index >= 15 is 0 Å². The number of carboxylic acids is 1. The van der Waals surface area contributed by atoms with Crippen LogP contribution in [0.4, 0.5) is 0 Å². The van der Waals surface area contributed by atoms with Crippen LogP contribution in [-0.2, 0) is 13.6 Å². The van der Waals surface area contributed by atoms with Gasteiger partial charge in [-0.25, -0.2) is 0 Å². The molecule has 0 rings (SSSR count). The van der Waals surface area contributed by atoms with Gasteiger partial charge in [-0.1, -0.05) is 6.92 Å². The van der Waals surface area contributed by atoms with E-state index in [2.05, 4.69) is 6.92 Å². The van der Waals surface area contributed by atoms with Gasteiger partial charge in [0.2, 0.25) is 0 Å². The van der Waals surface area contributed by atoms with Crippen molar-refractivity contribution >= 4 is 14.5 Å². The molecule has 0 fully saturated rings. The van der Waals surface area contributed by atoms with Crippen molar-refractivity contribution in [3.05, 3.63) is 0 Å². The Morgan fingerprint density at radius 1 is 1.18 bits per heavy atom. The normalized spacial score (nSPS) is 12.4. The minimum atomic E-state index is -2.23. The number of rotatable bonds is 9. The Balaban J connectivity index is 4.49. The Kier molecular flexibility index (Phi) is 7.66.